The summed E-state index contributed by atoms with van der Waals surface area (Å²) in [4.78, 5) is 14.5. The van der Waals surface area contributed by atoms with Gasteiger partial charge in [0, 0.05) is 26.3 Å². The molecule has 1 atom stereocenters. The highest BCUT2D eigenvalue weighted by molar-refractivity contribution is 5.85. The van der Waals surface area contributed by atoms with Crippen molar-refractivity contribution in [1.29, 1.82) is 0 Å². The van der Waals surface area contributed by atoms with Gasteiger partial charge in [0.15, 0.2) is 0 Å². The molecule has 1 aromatic rings. The highest BCUT2D eigenvalue weighted by atomic mass is 35.5. The zero-order valence-corrected chi connectivity index (χ0v) is 14.3. The second-order valence-corrected chi connectivity index (χ2v) is 5.75. The van der Waals surface area contributed by atoms with Gasteiger partial charge in [-0.15, -0.1) is 12.4 Å². The van der Waals surface area contributed by atoms with Crippen LogP contribution in [0, 0.1) is 12.8 Å². The Balaban J connectivity index is 0.00000242. The second-order valence-electron chi connectivity index (χ2n) is 5.75. The van der Waals surface area contributed by atoms with Crippen LogP contribution in [-0.4, -0.2) is 36.6 Å². The third kappa shape index (κ3) is 4.70. The molecule has 4 nitrogen and oxygen atoms in total. The molecule has 124 valence electrons. The van der Waals surface area contributed by atoms with Crippen molar-refractivity contribution in [2.24, 2.45) is 11.7 Å². The highest BCUT2D eigenvalue weighted by Crippen LogP contribution is 2.20. The molecule has 1 saturated heterocycles. The van der Waals surface area contributed by atoms with Gasteiger partial charge in [0.25, 0.3) is 0 Å². The first-order valence-electron chi connectivity index (χ1n) is 7.80. The number of hydrogen-bond acceptors (Lipinski definition) is 3. The number of benzene rings is 1. The van der Waals surface area contributed by atoms with Gasteiger partial charge in [0.1, 0.15) is 0 Å². The molecule has 0 aromatic heterocycles. The quantitative estimate of drug-likeness (QED) is 0.904. The van der Waals surface area contributed by atoms with Crippen LogP contribution in [0.1, 0.15) is 30.9 Å². The molecule has 1 aliphatic rings. The Labute approximate surface area is 139 Å². The Bertz CT molecular complexity index is 475. The van der Waals surface area contributed by atoms with Gasteiger partial charge in [-0.2, -0.15) is 0 Å². The highest BCUT2D eigenvalue weighted by Gasteiger charge is 2.29. The largest absolute Gasteiger partial charge is 0.381 e. The molecule has 0 aliphatic carbocycles. The average molecular weight is 327 g/mol. The van der Waals surface area contributed by atoms with Gasteiger partial charge in [-0.3, -0.25) is 4.79 Å². The van der Waals surface area contributed by atoms with E-state index in [1.807, 2.05) is 24.0 Å². The molecule has 1 fully saturated rings. The molecule has 22 heavy (non-hydrogen) atoms. The number of likely N-dealkylation sites (N-methyl/N-ethyl adjacent to an activating group) is 1. The molecular formula is C17H27ClN2O2. The van der Waals surface area contributed by atoms with Gasteiger partial charge >= 0.3 is 0 Å². The minimum Gasteiger partial charge on any atom is -0.381 e. The number of amides is 1. The van der Waals surface area contributed by atoms with E-state index < -0.39 is 6.04 Å². The number of nitrogens with two attached hydrogens (primary N) is 1. The number of ether oxygens (including phenoxy) is 1. The van der Waals surface area contributed by atoms with Crippen LogP contribution in [0.3, 0.4) is 0 Å². The van der Waals surface area contributed by atoms with E-state index in [4.69, 9.17) is 10.5 Å². The summed E-state index contributed by atoms with van der Waals surface area (Å²) < 4.78 is 5.35. The summed E-state index contributed by atoms with van der Waals surface area (Å²) in [6, 6.07) is 7.78. The van der Waals surface area contributed by atoms with Crippen LogP contribution in [0.15, 0.2) is 24.3 Å². The maximum Gasteiger partial charge on any atom is 0.240 e. The monoisotopic (exact) mass is 326 g/mol. The topological polar surface area (TPSA) is 55.6 Å². The first-order chi connectivity index (χ1) is 10.1. The Kier molecular flexibility index (Phi) is 7.87. The van der Waals surface area contributed by atoms with Gasteiger partial charge in [0.05, 0.1) is 6.04 Å². The molecular weight excluding hydrogens is 300 g/mol. The third-order valence-electron chi connectivity index (χ3n) is 4.37. The molecule has 0 spiro atoms. The fourth-order valence-electron chi connectivity index (χ4n) is 2.83. The van der Waals surface area contributed by atoms with E-state index in [1.165, 1.54) is 11.1 Å². The first-order valence-corrected chi connectivity index (χ1v) is 7.80. The van der Waals surface area contributed by atoms with Crippen LogP contribution in [0.4, 0.5) is 0 Å². The van der Waals surface area contributed by atoms with Gasteiger partial charge in [0.2, 0.25) is 5.91 Å². The van der Waals surface area contributed by atoms with Crippen molar-refractivity contribution in [2.45, 2.75) is 39.3 Å². The molecule has 0 saturated carbocycles. The number of rotatable bonds is 5. The maximum absolute atomic E-state index is 12.6. The maximum atomic E-state index is 12.6. The van der Waals surface area contributed by atoms with Crippen molar-refractivity contribution in [3.63, 3.8) is 0 Å². The third-order valence-corrected chi connectivity index (χ3v) is 4.37. The summed E-state index contributed by atoms with van der Waals surface area (Å²) in [5, 5.41) is 0. The summed E-state index contributed by atoms with van der Waals surface area (Å²) in [6.45, 7) is 6.84. The number of hydrogen-bond donors (Lipinski definition) is 1. The number of halogens is 1. The van der Waals surface area contributed by atoms with Crippen molar-refractivity contribution < 1.29 is 9.53 Å². The van der Waals surface area contributed by atoms with E-state index in [0.29, 0.717) is 13.1 Å². The Morgan fingerprint density at radius 3 is 2.59 bits per heavy atom. The molecule has 1 unspecified atom stereocenters. The summed E-state index contributed by atoms with van der Waals surface area (Å²) in [6.07, 6.45) is 1.77. The van der Waals surface area contributed by atoms with E-state index in [2.05, 4.69) is 19.1 Å². The zero-order chi connectivity index (χ0) is 15.2. The SMILES string of the molecule is CCN(Cc1ccccc1C)C(=O)C(N)C1CCOCC1.Cl. The van der Waals surface area contributed by atoms with Crippen LogP contribution >= 0.6 is 12.4 Å². The van der Waals surface area contributed by atoms with E-state index >= 15 is 0 Å². The Morgan fingerprint density at radius 2 is 2.00 bits per heavy atom. The Morgan fingerprint density at radius 1 is 1.36 bits per heavy atom. The minimum atomic E-state index is -0.405. The number of aryl methyl sites for hydroxylation is 1. The lowest BCUT2D eigenvalue weighted by Gasteiger charge is -2.31. The summed E-state index contributed by atoms with van der Waals surface area (Å²) >= 11 is 0. The normalized spacial score (nSPS) is 16.7. The van der Waals surface area contributed by atoms with Crippen LogP contribution in [0.25, 0.3) is 0 Å². The van der Waals surface area contributed by atoms with Gasteiger partial charge in [-0.1, -0.05) is 24.3 Å². The summed E-state index contributed by atoms with van der Waals surface area (Å²) in [5.74, 6) is 0.310. The molecule has 0 radical (unpaired) electrons. The zero-order valence-electron chi connectivity index (χ0n) is 13.5. The van der Waals surface area contributed by atoms with E-state index in [9.17, 15) is 4.79 Å². The van der Waals surface area contributed by atoms with E-state index in [1.54, 1.807) is 0 Å². The molecule has 2 N–H and O–H groups in total. The van der Waals surface area contributed by atoms with Crippen LogP contribution in [0.5, 0.6) is 0 Å². The second kappa shape index (κ2) is 9.13. The van der Waals surface area contributed by atoms with Gasteiger partial charge < -0.3 is 15.4 Å². The first kappa shape index (κ1) is 18.9. The van der Waals surface area contributed by atoms with Crippen LogP contribution < -0.4 is 5.73 Å². The van der Waals surface area contributed by atoms with E-state index in [-0.39, 0.29) is 24.2 Å². The molecule has 0 bridgehead atoms. The molecule has 1 aromatic carbocycles. The van der Waals surface area contributed by atoms with Crippen molar-refractivity contribution in [2.75, 3.05) is 19.8 Å². The average Bonchev–Trinajstić information content (AvgIpc) is 2.53. The predicted molar refractivity (Wildman–Crippen MR) is 91.0 cm³/mol. The lowest BCUT2D eigenvalue weighted by atomic mass is 9.91. The van der Waals surface area contributed by atoms with Crippen molar-refractivity contribution in [3.05, 3.63) is 35.4 Å². The predicted octanol–water partition coefficient (Wildman–Crippen LogP) is 2.52. The Hall–Kier alpha value is -1.10. The van der Waals surface area contributed by atoms with Gasteiger partial charge in [-0.05, 0) is 43.7 Å². The van der Waals surface area contributed by atoms with E-state index in [0.717, 1.165) is 26.1 Å². The van der Waals surface area contributed by atoms with Crippen LogP contribution in [-0.2, 0) is 16.1 Å². The molecule has 1 heterocycles. The number of carbonyl (C=O) groups excluding carboxylic acids is 1. The summed E-state index contributed by atoms with van der Waals surface area (Å²) in [5.41, 5.74) is 8.61. The smallest absolute Gasteiger partial charge is 0.240 e. The fraction of sp³-hybridized carbons (Fsp3) is 0.588. The van der Waals surface area contributed by atoms with Crippen molar-refractivity contribution in [1.82, 2.24) is 4.90 Å². The fourth-order valence-corrected chi connectivity index (χ4v) is 2.83. The molecule has 2 rings (SSSR count). The lowest BCUT2D eigenvalue weighted by molar-refractivity contribution is -0.135. The number of nitrogens with zero attached hydrogens (tertiary/aromatic N) is 1. The number of carbonyl (C=O) groups is 1. The standard InChI is InChI=1S/C17H26N2O2.ClH/c1-3-19(12-15-7-5-4-6-13(15)2)17(20)16(18)14-8-10-21-11-9-14;/h4-7,14,16H,3,8-12,18H2,1-2H3;1H. The molecule has 5 heteroatoms. The minimum absolute atomic E-state index is 0. The lowest BCUT2D eigenvalue weighted by Crippen LogP contribution is -2.48. The van der Waals surface area contributed by atoms with Crippen LogP contribution in [0.2, 0.25) is 0 Å². The molecule has 1 aliphatic heterocycles. The van der Waals surface area contributed by atoms with Crippen molar-refractivity contribution in [3.8, 4) is 0 Å². The van der Waals surface area contributed by atoms with Gasteiger partial charge in [-0.25, -0.2) is 0 Å². The summed E-state index contributed by atoms with van der Waals surface area (Å²) in [7, 11) is 0. The van der Waals surface area contributed by atoms with Crippen molar-refractivity contribution >= 4 is 18.3 Å². The molecule has 1 amide bonds.